The molecule has 0 unspecified atom stereocenters. The number of phenols is 2. The highest BCUT2D eigenvalue weighted by Crippen LogP contribution is 2.25. The molecule has 0 aromatic heterocycles. The molecule has 28 heavy (non-hydrogen) atoms. The second kappa shape index (κ2) is 10.6. The number of carboxylic acids is 1. The first-order valence-corrected chi connectivity index (χ1v) is 8.99. The van der Waals surface area contributed by atoms with E-state index in [1.54, 1.807) is 6.07 Å². The molecule has 9 nitrogen and oxygen atoms in total. The summed E-state index contributed by atoms with van der Waals surface area (Å²) >= 11 is 0. The minimum absolute atomic E-state index is 0.0584. The van der Waals surface area contributed by atoms with E-state index in [1.165, 1.54) is 24.0 Å². The number of esters is 2. The van der Waals surface area contributed by atoms with Crippen LogP contribution in [0.1, 0.15) is 32.8 Å². The first-order valence-electron chi connectivity index (χ1n) is 8.99. The Balaban J connectivity index is 2.94. The molecule has 0 aliphatic rings. The van der Waals surface area contributed by atoms with Crippen LogP contribution < -0.4 is 5.73 Å². The number of hydrogen-bond acceptors (Lipinski definition) is 8. The fourth-order valence-electron chi connectivity index (χ4n) is 2.60. The first-order chi connectivity index (χ1) is 13.0. The molecule has 1 aromatic rings. The van der Waals surface area contributed by atoms with Gasteiger partial charge in [0.2, 0.25) is 0 Å². The smallest absolute Gasteiger partial charge is 0.330 e. The van der Waals surface area contributed by atoms with E-state index < -0.39 is 36.5 Å². The normalized spacial score (nSPS) is 13.4. The number of carbonyl (C=O) groups is 3. The average molecular weight is 396 g/mol. The van der Waals surface area contributed by atoms with Gasteiger partial charge in [0.1, 0.15) is 12.1 Å². The highest BCUT2D eigenvalue weighted by Gasteiger charge is 2.29. The largest absolute Gasteiger partial charge is 0.504 e. The Labute approximate surface area is 163 Å². The maximum Gasteiger partial charge on any atom is 0.330 e. The number of phenolic OH excluding ortho intramolecular Hbond substituents is 2. The molecule has 0 fully saturated rings. The lowest BCUT2D eigenvalue weighted by Gasteiger charge is -2.29. The number of aromatic hydroxyl groups is 2. The Morgan fingerprint density at radius 2 is 1.79 bits per heavy atom. The quantitative estimate of drug-likeness (QED) is 0.256. The van der Waals surface area contributed by atoms with Crippen molar-refractivity contribution >= 4 is 17.9 Å². The Morgan fingerprint density at radius 1 is 1.14 bits per heavy atom. The number of nitrogens with zero attached hydrogens (tertiary/aromatic N) is 1. The van der Waals surface area contributed by atoms with E-state index in [2.05, 4.69) is 4.74 Å². The summed E-state index contributed by atoms with van der Waals surface area (Å²) < 4.78 is 4.65. The van der Waals surface area contributed by atoms with Crippen LogP contribution in [0.2, 0.25) is 0 Å². The molecular weight excluding hydrogens is 368 g/mol. The third-order valence-electron chi connectivity index (χ3n) is 4.07. The van der Waals surface area contributed by atoms with Crippen molar-refractivity contribution < 1.29 is 34.4 Å². The van der Waals surface area contributed by atoms with Gasteiger partial charge in [-0.15, -0.1) is 0 Å². The van der Waals surface area contributed by atoms with Crippen molar-refractivity contribution in [2.45, 2.75) is 45.7 Å². The van der Waals surface area contributed by atoms with Crippen LogP contribution in [0, 0.1) is 5.92 Å². The maximum atomic E-state index is 12.1. The van der Waals surface area contributed by atoms with Crippen LogP contribution in [0.15, 0.2) is 18.2 Å². The zero-order chi connectivity index (χ0) is 21.4. The molecule has 0 radical (unpaired) electrons. The number of aliphatic carboxylic acids is 1. The Morgan fingerprint density at radius 3 is 2.29 bits per heavy atom. The van der Waals surface area contributed by atoms with Crippen LogP contribution in [-0.4, -0.2) is 63.3 Å². The summed E-state index contributed by atoms with van der Waals surface area (Å²) in [5.41, 5.74) is 6.02. The molecular formula is C19H28N2O7. The monoisotopic (exact) mass is 396 g/mol. The van der Waals surface area contributed by atoms with Crippen molar-refractivity contribution in [1.82, 2.24) is 4.90 Å². The molecule has 9 heteroatoms. The summed E-state index contributed by atoms with van der Waals surface area (Å²) in [6, 6.07) is 2.35. The molecule has 156 valence electrons. The number of ether oxygens (including phenoxy) is 1. The topological polar surface area (TPSA) is 150 Å². The van der Waals surface area contributed by atoms with Crippen LogP contribution in [0.5, 0.6) is 11.5 Å². The van der Waals surface area contributed by atoms with E-state index in [4.69, 9.17) is 5.73 Å². The number of hydrogen-bond donors (Lipinski definition) is 4. The number of rotatable bonds is 10. The molecule has 2 atom stereocenters. The molecule has 0 spiro atoms. The van der Waals surface area contributed by atoms with E-state index in [1.807, 2.05) is 13.8 Å². The van der Waals surface area contributed by atoms with E-state index in [-0.39, 0.29) is 24.0 Å². The van der Waals surface area contributed by atoms with E-state index in [0.29, 0.717) is 18.4 Å². The fourth-order valence-corrected chi connectivity index (χ4v) is 2.60. The van der Waals surface area contributed by atoms with Crippen molar-refractivity contribution in [3.63, 3.8) is 0 Å². The summed E-state index contributed by atoms with van der Waals surface area (Å²) in [7, 11) is 0. The predicted molar refractivity (Wildman–Crippen MR) is 101 cm³/mol. The highest BCUT2D eigenvalue weighted by atomic mass is 16.6. The summed E-state index contributed by atoms with van der Waals surface area (Å²) in [5.74, 6) is -3.35. The van der Waals surface area contributed by atoms with Gasteiger partial charge in [0.05, 0.1) is 6.54 Å². The predicted octanol–water partition coefficient (Wildman–Crippen LogP) is 0.859. The van der Waals surface area contributed by atoms with Crippen LogP contribution >= 0.6 is 0 Å². The lowest BCUT2D eigenvalue weighted by Crippen LogP contribution is -2.46. The van der Waals surface area contributed by atoms with Crippen LogP contribution in [0.3, 0.4) is 0 Å². The fraction of sp³-hybridized carbons (Fsp3) is 0.526. The maximum absolute atomic E-state index is 12.1. The number of benzene rings is 1. The molecule has 0 saturated heterocycles. The number of carboxylic acid groups (broad SMARTS) is 1. The molecule has 1 rings (SSSR count). The Hall–Kier alpha value is -2.65. The van der Waals surface area contributed by atoms with E-state index in [9.17, 15) is 29.7 Å². The van der Waals surface area contributed by atoms with Crippen molar-refractivity contribution in [3.8, 4) is 11.5 Å². The zero-order valence-corrected chi connectivity index (χ0v) is 16.3. The summed E-state index contributed by atoms with van der Waals surface area (Å²) in [6.07, 6.45) is 0.606. The second-order valence-corrected chi connectivity index (χ2v) is 7.11. The van der Waals surface area contributed by atoms with Crippen molar-refractivity contribution in [3.05, 3.63) is 23.8 Å². The van der Waals surface area contributed by atoms with Crippen LogP contribution in [-0.2, 0) is 25.5 Å². The lowest BCUT2D eigenvalue weighted by molar-refractivity contribution is -0.162. The van der Waals surface area contributed by atoms with Crippen LogP contribution in [0.25, 0.3) is 0 Å². The van der Waals surface area contributed by atoms with Gasteiger partial charge in [0, 0.05) is 6.54 Å². The minimum Gasteiger partial charge on any atom is -0.504 e. The zero-order valence-electron chi connectivity index (χ0n) is 16.3. The van der Waals surface area contributed by atoms with Gasteiger partial charge in [-0.05, 0) is 43.4 Å². The molecule has 1 aromatic carbocycles. The third-order valence-corrected chi connectivity index (χ3v) is 4.07. The molecule has 0 heterocycles. The molecule has 0 bridgehead atoms. The van der Waals surface area contributed by atoms with Gasteiger partial charge in [-0.25, -0.2) is 4.79 Å². The first kappa shape index (κ1) is 23.4. The van der Waals surface area contributed by atoms with Crippen molar-refractivity contribution in [2.75, 3.05) is 13.1 Å². The van der Waals surface area contributed by atoms with Crippen LogP contribution in [0.4, 0.5) is 0 Å². The Bertz CT molecular complexity index is 704. The molecule has 5 N–H and O–H groups in total. The second-order valence-electron chi connectivity index (χ2n) is 7.11. The lowest BCUT2D eigenvalue weighted by atomic mass is 10.0. The van der Waals surface area contributed by atoms with Gasteiger partial charge < -0.3 is 25.8 Å². The summed E-state index contributed by atoms with van der Waals surface area (Å²) in [4.78, 5) is 36.8. The molecule has 0 saturated carbocycles. The van der Waals surface area contributed by atoms with Gasteiger partial charge >= 0.3 is 17.9 Å². The van der Waals surface area contributed by atoms with Gasteiger partial charge in [-0.1, -0.05) is 19.9 Å². The van der Waals surface area contributed by atoms with Crippen molar-refractivity contribution in [2.24, 2.45) is 11.7 Å². The summed E-state index contributed by atoms with van der Waals surface area (Å²) in [5, 5.41) is 28.6. The Kier molecular flexibility index (Phi) is 8.87. The minimum atomic E-state index is -1.09. The number of nitrogens with two attached hydrogens (primary N) is 1. The molecule has 0 aliphatic carbocycles. The molecule has 0 aliphatic heterocycles. The standard InChI is InChI=1S/C19H28N2O7/c1-11(2)8-14(18(25)26)21(10-17(24)28-19(27)12(3)20)7-6-13-4-5-15(22)16(23)9-13/h4-5,9,11-12,14,22-23H,6-8,10,20H2,1-3H3,(H,25,26)/t12-,14-/m0/s1. The van der Waals surface area contributed by atoms with Gasteiger partial charge in [-0.3, -0.25) is 14.5 Å². The third kappa shape index (κ3) is 7.53. The van der Waals surface area contributed by atoms with Crippen molar-refractivity contribution in [1.29, 1.82) is 0 Å². The SMILES string of the molecule is CC(C)C[C@@H](C(=O)O)N(CCc1ccc(O)c(O)c1)CC(=O)OC(=O)[C@H](C)N. The van der Waals surface area contributed by atoms with Gasteiger partial charge in [-0.2, -0.15) is 0 Å². The summed E-state index contributed by atoms with van der Waals surface area (Å²) in [6.45, 7) is 4.87. The van der Waals surface area contributed by atoms with E-state index >= 15 is 0 Å². The van der Waals surface area contributed by atoms with Gasteiger partial charge in [0.25, 0.3) is 0 Å². The van der Waals surface area contributed by atoms with Gasteiger partial charge in [0.15, 0.2) is 11.5 Å². The highest BCUT2D eigenvalue weighted by molar-refractivity contribution is 5.89. The van der Waals surface area contributed by atoms with E-state index in [0.717, 1.165) is 0 Å². The average Bonchev–Trinajstić information content (AvgIpc) is 2.58. The molecule has 0 amide bonds. The number of carbonyl (C=O) groups excluding carboxylic acids is 2.